The molecule has 0 aromatic rings. The van der Waals surface area contributed by atoms with E-state index in [1.807, 2.05) is 11.8 Å². The number of hydrogen-bond acceptors (Lipinski definition) is 1. The summed E-state index contributed by atoms with van der Waals surface area (Å²) in [6, 6.07) is 0. The lowest BCUT2D eigenvalue weighted by molar-refractivity contribution is -0.130. The summed E-state index contributed by atoms with van der Waals surface area (Å²) >= 11 is 0. The van der Waals surface area contributed by atoms with Crippen molar-refractivity contribution >= 4 is 5.91 Å². The van der Waals surface area contributed by atoms with E-state index in [0.717, 1.165) is 38.8 Å². The highest BCUT2D eigenvalue weighted by molar-refractivity contribution is 5.75. The summed E-state index contributed by atoms with van der Waals surface area (Å²) in [5.41, 5.74) is 1.27. The average molecular weight is 211 g/mol. The number of amides is 1. The number of hydrogen-bond donors (Lipinski definition) is 0. The predicted molar refractivity (Wildman–Crippen MR) is 65.8 cm³/mol. The van der Waals surface area contributed by atoms with Gasteiger partial charge in [-0.15, -0.1) is 0 Å². The van der Waals surface area contributed by atoms with Crippen LogP contribution in [0.3, 0.4) is 0 Å². The Labute approximate surface area is 94.4 Å². The van der Waals surface area contributed by atoms with Crippen LogP contribution in [0.5, 0.6) is 0 Å². The molecule has 0 N–H and O–H groups in total. The van der Waals surface area contributed by atoms with Gasteiger partial charge in [-0.2, -0.15) is 0 Å². The monoisotopic (exact) mass is 211 g/mol. The molecule has 0 bridgehead atoms. The van der Waals surface area contributed by atoms with E-state index in [9.17, 15) is 4.79 Å². The third kappa shape index (κ3) is 6.32. The van der Waals surface area contributed by atoms with Gasteiger partial charge in [-0.25, -0.2) is 0 Å². The van der Waals surface area contributed by atoms with Gasteiger partial charge in [0.25, 0.3) is 0 Å². The molecule has 0 spiro atoms. The molecule has 1 amide bonds. The normalized spacial score (nSPS) is 10.1. The van der Waals surface area contributed by atoms with E-state index in [0.29, 0.717) is 6.42 Å². The molecule has 0 aromatic heterocycles. The van der Waals surface area contributed by atoms with Crippen molar-refractivity contribution < 1.29 is 4.79 Å². The summed E-state index contributed by atoms with van der Waals surface area (Å²) in [5, 5.41) is 0. The van der Waals surface area contributed by atoms with E-state index in [2.05, 4.69) is 20.4 Å². The smallest absolute Gasteiger partial charge is 0.222 e. The molecule has 0 fully saturated rings. The molecule has 88 valence electrons. The first kappa shape index (κ1) is 14.2. The molecule has 0 aliphatic carbocycles. The third-order valence-electron chi connectivity index (χ3n) is 2.49. The van der Waals surface area contributed by atoms with Crippen molar-refractivity contribution in [1.29, 1.82) is 0 Å². The summed E-state index contributed by atoms with van der Waals surface area (Å²) in [4.78, 5) is 13.5. The first-order valence-corrected chi connectivity index (χ1v) is 6.10. The fourth-order valence-corrected chi connectivity index (χ4v) is 1.63. The van der Waals surface area contributed by atoms with Crippen molar-refractivity contribution in [2.24, 2.45) is 0 Å². The number of carbonyl (C=O) groups excluding carboxylic acids is 1. The van der Waals surface area contributed by atoms with Crippen LogP contribution in [0.2, 0.25) is 0 Å². The molecule has 0 unspecified atom stereocenters. The molecule has 0 saturated heterocycles. The Hall–Kier alpha value is -0.790. The van der Waals surface area contributed by atoms with Gasteiger partial charge < -0.3 is 4.90 Å². The summed E-state index contributed by atoms with van der Waals surface area (Å²) in [7, 11) is 0. The zero-order valence-electron chi connectivity index (χ0n) is 10.5. The van der Waals surface area contributed by atoms with Gasteiger partial charge in [-0.05, 0) is 19.3 Å². The van der Waals surface area contributed by atoms with E-state index in [1.54, 1.807) is 0 Å². The van der Waals surface area contributed by atoms with Gasteiger partial charge in [0.15, 0.2) is 0 Å². The fraction of sp³-hybridized carbons (Fsp3) is 0.769. The van der Waals surface area contributed by atoms with Gasteiger partial charge in [0.2, 0.25) is 5.91 Å². The topological polar surface area (TPSA) is 20.3 Å². The van der Waals surface area contributed by atoms with Gasteiger partial charge in [0, 0.05) is 19.5 Å². The second kappa shape index (κ2) is 8.51. The largest absolute Gasteiger partial charge is 0.342 e. The second-order valence-corrected chi connectivity index (χ2v) is 3.98. The third-order valence-corrected chi connectivity index (χ3v) is 2.49. The lowest BCUT2D eigenvalue weighted by Gasteiger charge is -2.22. The molecule has 0 aromatic carbocycles. The van der Waals surface area contributed by atoms with Crippen LogP contribution < -0.4 is 0 Å². The quantitative estimate of drug-likeness (QED) is 0.564. The van der Waals surface area contributed by atoms with Crippen molar-refractivity contribution in [2.75, 3.05) is 13.1 Å². The van der Waals surface area contributed by atoms with Crippen LogP contribution in [0, 0.1) is 0 Å². The average Bonchev–Trinajstić information content (AvgIpc) is 2.23. The van der Waals surface area contributed by atoms with Crippen LogP contribution in [0.15, 0.2) is 12.2 Å². The van der Waals surface area contributed by atoms with Crippen LogP contribution in [0.25, 0.3) is 0 Å². The molecule has 0 saturated carbocycles. The minimum atomic E-state index is 0.265. The lowest BCUT2D eigenvalue weighted by Crippen LogP contribution is -2.32. The van der Waals surface area contributed by atoms with Crippen molar-refractivity contribution in [1.82, 2.24) is 4.90 Å². The standard InChI is InChI=1S/C13H25NO/c1-5-8-12(4)9-11-14(10-6-2)13(15)7-3/h4-11H2,1-3H3. The minimum absolute atomic E-state index is 0.265. The Morgan fingerprint density at radius 3 is 2.20 bits per heavy atom. The first-order chi connectivity index (χ1) is 7.15. The molecule has 0 rings (SSSR count). The number of nitrogens with zero attached hydrogens (tertiary/aromatic N) is 1. The predicted octanol–water partition coefficient (Wildman–Crippen LogP) is 3.38. The van der Waals surface area contributed by atoms with Gasteiger partial charge in [-0.3, -0.25) is 4.79 Å². The van der Waals surface area contributed by atoms with Gasteiger partial charge in [0.1, 0.15) is 0 Å². The van der Waals surface area contributed by atoms with Crippen LogP contribution in [-0.4, -0.2) is 23.9 Å². The maximum absolute atomic E-state index is 11.6. The Kier molecular flexibility index (Phi) is 8.06. The molecule has 2 nitrogen and oxygen atoms in total. The fourth-order valence-electron chi connectivity index (χ4n) is 1.63. The van der Waals surface area contributed by atoms with E-state index in [4.69, 9.17) is 0 Å². The summed E-state index contributed by atoms with van der Waals surface area (Å²) in [6.07, 6.45) is 4.83. The first-order valence-electron chi connectivity index (χ1n) is 6.10. The van der Waals surface area contributed by atoms with Crippen LogP contribution in [0.1, 0.15) is 52.9 Å². The summed E-state index contributed by atoms with van der Waals surface area (Å²) in [5.74, 6) is 0.265. The Bertz CT molecular complexity index is 199. The minimum Gasteiger partial charge on any atom is -0.342 e. The Balaban J connectivity index is 3.95. The number of carbonyl (C=O) groups is 1. The van der Waals surface area contributed by atoms with Crippen molar-refractivity contribution in [3.63, 3.8) is 0 Å². The lowest BCUT2D eigenvalue weighted by atomic mass is 10.1. The zero-order chi connectivity index (χ0) is 11.7. The highest BCUT2D eigenvalue weighted by Gasteiger charge is 2.09. The van der Waals surface area contributed by atoms with Gasteiger partial charge >= 0.3 is 0 Å². The van der Waals surface area contributed by atoms with Crippen LogP contribution in [-0.2, 0) is 4.79 Å². The molecule has 0 aliphatic rings. The number of rotatable bonds is 8. The maximum Gasteiger partial charge on any atom is 0.222 e. The Morgan fingerprint density at radius 1 is 1.07 bits per heavy atom. The maximum atomic E-state index is 11.6. The van der Waals surface area contributed by atoms with E-state index < -0.39 is 0 Å². The van der Waals surface area contributed by atoms with E-state index in [-0.39, 0.29) is 5.91 Å². The van der Waals surface area contributed by atoms with Crippen LogP contribution >= 0.6 is 0 Å². The highest BCUT2D eigenvalue weighted by Crippen LogP contribution is 2.08. The summed E-state index contributed by atoms with van der Waals surface area (Å²) < 4.78 is 0. The highest BCUT2D eigenvalue weighted by atomic mass is 16.2. The molecule has 0 atom stereocenters. The van der Waals surface area contributed by atoms with Crippen molar-refractivity contribution in [2.45, 2.75) is 52.9 Å². The summed E-state index contributed by atoms with van der Waals surface area (Å²) in [6.45, 7) is 11.9. The molecular formula is C13H25NO. The van der Waals surface area contributed by atoms with Gasteiger partial charge in [-0.1, -0.05) is 39.3 Å². The molecular weight excluding hydrogens is 186 g/mol. The molecule has 2 heteroatoms. The molecule has 0 radical (unpaired) electrons. The molecule has 0 heterocycles. The van der Waals surface area contributed by atoms with Crippen molar-refractivity contribution in [3.8, 4) is 0 Å². The second-order valence-electron chi connectivity index (χ2n) is 3.98. The molecule has 15 heavy (non-hydrogen) atoms. The van der Waals surface area contributed by atoms with E-state index >= 15 is 0 Å². The van der Waals surface area contributed by atoms with Crippen LogP contribution in [0.4, 0.5) is 0 Å². The zero-order valence-corrected chi connectivity index (χ0v) is 10.5. The van der Waals surface area contributed by atoms with Crippen molar-refractivity contribution in [3.05, 3.63) is 12.2 Å². The SMILES string of the molecule is C=C(CCC)CCN(CCC)C(=O)CC. The van der Waals surface area contributed by atoms with E-state index in [1.165, 1.54) is 5.57 Å². The van der Waals surface area contributed by atoms with Gasteiger partial charge in [0.05, 0.1) is 0 Å². The molecule has 0 aliphatic heterocycles. The Morgan fingerprint density at radius 2 is 1.73 bits per heavy atom.